The van der Waals surface area contributed by atoms with E-state index < -0.39 is 28.1 Å². The quantitative estimate of drug-likeness (QED) is 0.455. The number of ether oxygens (including phenoxy) is 1. The van der Waals surface area contributed by atoms with Gasteiger partial charge in [0.05, 0.1) is 11.0 Å². The van der Waals surface area contributed by atoms with Gasteiger partial charge in [0.15, 0.2) is 0 Å². The monoisotopic (exact) mass is 454 g/mol. The van der Waals surface area contributed by atoms with Crippen LogP contribution in [-0.2, 0) is 21.4 Å². The van der Waals surface area contributed by atoms with Gasteiger partial charge in [-0.2, -0.15) is 4.31 Å². The molecule has 1 aliphatic heterocycles. The number of benzene rings is 2. The van der Waals surface area contributed by atoms with E-state index in [0.717, 1.165) is 15.4 Å². The van der Waals surface area contributed by atoms with Crippen LogP contribution < -0.4 is 10.2 Å². The zero-order chi connectivity index (χ0) is 21.9. The average Bonchev–Trinajstić information content (AvgIpc) is 2.74. The molecule has 2 aromatic carbocycles. The van der Waals surface area contributed by atoms with Crippen LogP contribution in [-0.4, -0.2) is 47.6 Å². The lowest BCUT2D eigenvalue weighted by Gasteiger charge is -2.35. The van der Waals surface area contributed by atoms with Crippen molar-refractivity contribution in [3.05, 3.63) is 58.6 Å². The van der Waals surface area contributed by atoms with E-state index in [2.05, 4.69) is 0 Å². The van der Waals surface area contributed by atoms with Crippen LogP contribution in [0.5, 0.6) is 5.75 Å². The van der Waals surface area contributed by atoms with Gasteiger partial charge < -0.3 is 9.84 Å². The molecule has 0 aliphatic carbocycles. The first-order chi connectivity index (χ1) is 14.2. The standard InChI is InChI=1S/C20H23ClN2O6S/c1-13-2-3-15(21)10-14(13)12-29-17-5-7-18(8-6-17)30(27,28)23-11-16(24)4-9-19(23)20(25)22-26/h2-3,5-8,10,16,19,24,26H,4,9,11-12H2,1H3,(H,22,25)/t16-,19-/m1/s1. The van der Waals surface area contributed by atoms with Crippen molar-refractivity contribution in [2.75, 3.05) is 6.54 Å². The largest absolute Gasteiger partial charge is 0.489 e. The molecule has 1 heterocycles. The average molecular weight is 455 g/mol. The fourth-order valence-corrected chi connectivity index (χ4v) is 5.17. The van der Waals surface area contributed by atoms with Gasteiger partial charge in [-0.05, 0) is 67.3 Å². The summed E-state index contributed by atoms with van der Waals surface area (Å²) in [7, 11) is -4.07. The summed E-state index contributed by atoms with van der Waals surface area (Å²) in [5.74, 6) is -0.362. The molecular weight excluding hydrogens is 432 g/mol. The summed E-state index contributed by atoms with van der Waals surface area (Å²) in [4.78, 5) is 11.9. The van der Waals surface area contributed by atoms with Crippen molar-refractivity contribution in [1.29, 1.82) is 0 Å². The number of amides is 1. The minimum absolute atomic E-state index is 0.0429. The third-order valence-corrected chi connectivity index (χ3v) is 7.18. The van der Waals surface area contributed by atoms with Gasteiger partial charge in [-0.15, -0.1) is 0 Å². The molecule has 0 spiro atoms. The van der Waals surface area contributed by atoms with Crippen LogP contribution in [0.1, 0.15) is 24.0 Å². The van der Waals surface area contributed by atoms with E-state index in [0.29, 0.717) is 10.8 Å². The number of hydroxylamine groups is 1. The predicted octanol–water partition coefficient (Wildman–Crippen LogP) is 2.25. The molecule has 0 unspecified atom stereocenters. The topological polar surface area (TPSA) is 116 Å². The number of piperidine rings is 1. The number of aliphatic hydroxyl groups is 1. The van der Waals surface area contributed by atoms with Gasteiger partial charge in [0, 0.05) is 11.6 Å². The van der Waals surface area contributed by atoms with Crippen molar-refractivity contribution in [3.63, 3.8) is 0 Å². The van der Waals surface area contributed by atoms with Crippen LogP contribution in [0.3, 0.4) is 0 Å². The highest BCUT2D eigenvalue weighted by molar-refractivity contribution is 7.89. The molecule has 8 nitrogen and oxygen atoms in total. The summed E-state index contributed by atoms with van der Waals surface area (Å²) >= 11 is 6.01. The normalized spacial score (nSPS) is 20.0. The number of aliphatic hydroxyl groups excluding tert-OH is 1. The Morgan fingerprint density at radius 3 is 2.60 bits per heavy atom. The smallest absolute Gasteiger partial charge is 0.261 e. The Balaban J connectivity index is 1.76. The minimum Gasteiger partial charge on any atom is -0.489 e. The lowest BCUT2D eigenvalue weighted by Crippen LogP contribution is -2.54. The van der Waals surface area contributed by atoms with E-state index in [1.165, 1.54) is 29.7 Å². The number of nitrogens with zero attached hydrogens (tertiary/aromatic N) is 1. The first-order valence-corrected chi connectivity index (χ1v) is 11.2. The number of halogens is 1. The third-order valence-electron chi connectivity index (χ3n) is 5.06. The number of aryl methyl sites for hydroxylation is 1. The molecule has 2 atom stereocenters. The maximum atomic E-state index is 13.0. The number of carbonyl (C=O) groups is 1. The second kappa shape index (κ2) is 9.32. The van der Waals surface area contributed by atoms with Crippen LogP contribution in [0.2, 0.25) is 5.02 Å². The fourth-order valence-electron chi connectivity index (χ4n) is 3.32. The van der Waals surface area contributed by atoms with Crippen molar-refractivity contribution in [2.24, 2.45) is 0 Å². The number of β-amino-alcohol motifs (C(OH)–C–C–N with tert-alkyl or cyclic N) is 1. The van der Waals surface area contributed by atoms with Gasteiger partial charge in [-0.3, -0.25) is 10.0 Å². The van der Waals surface area contributed by atoms with Gasteiger partial charge >= 0.3 is 0 Å². The fraction of sp³-hybridized carbons (Fsp3) is 0.350. The molecule has 1 amide bonds. The molecule has 0 saturated carbocycles. The number of rotatable bonds is 6. The number of hydrogen-bond acceptors (Lipinski definition) is 6. The summed E-state index contributed by atoms with van der Waals surface area (Å²) in [5.41, 5.74) is 3.44. The minimum atomic E-state index is -4.07. The van der Waals surface area contributed by atoms with Crippen LogP contribution in [0, 0.1) is 6.92 Å². The van der Waals surface area contributed by atoms with Crippen molar-refractivity contribution in [2.45, 2.75) is 43.4 Å². The molecule has 0 aromatic heterocycles. The molecule has 2 aromatic rings. The Labute approximate surface area is 180 Å². The molecule has 0 bridgehead atoms. The zero-order valence-corrected chi connectivity index (χ0v) is 17.9. The van der Waals surface area contributed by atoms with Gasteiger partial charge in [0.25, 0.3) is 5.91 Å². The number of hydrogen-bond donors (Lipinski definition) is 3. The first kappa shape index (κ1) is 22.5. The summed E-state index contributed by atoms with van der Waals surface area (Å²) in [5, 5.41) is 19.4. The van der Waals surface area contributed by atoms with E-state index >= 15 is 0 Å². The lowest BCUT2D eigenvalue weighted by atomic mass is 10.0. The van der Waals surface area contributed by atoms with E-state index in [1.54, 1.807) is 6.07 Å². The van der Waals surface area contributed by atoms with Crippen LogP contribution in [0.25, 0.3) is 0 Å². The van der Waals surface area contributed by atoms with Crippen molar-refractivity contribution >= 4 is 27.5 Å². The predicted molar refractivity (Wildman–Crippen MR) is 110 cm³/mol. The van der Waals surface area contributed by atoms with Gasteiger partial charge in [-0.1, -0.05) is 17.7 Å². The second-order valence-electron chi connectivity index (χ2n) is 7.13. The summed E-state index contributed by atoms with van der Waals surface area (Å²) in [6.45, 7) is 1.99. The van der Waals surface area contributed by atoms with E-state index in [9.17, 15) is 18.3 Å². The van der Waals surface area contributed by atoms with Gasteiger partial charge in [-0.25, -0.2) is 13.9 Å². The van der Waals surface area contributed by atoms with Crippen LogP contribution in [0.15, 0.2) is 47.4 Å². The number of carbonyl (C=O) groups excluding carboxylic acids is 1. The summed E-state index contributed by atoms with van der Waals surface area (Å²) in [6.07, 6.45) is -0.515. The zero-order valence-electron chi connectivity index (χ0n) is 16.3. The Morgan fingerprint density at radius 2 is 1.93 bits per heavy atom. The van der Waals surface area contributed by atoms with Gasteiger partial charge in [0.2, 0.25) is 10.0 Å². The molecule has 30 heavy (non-hydrogen) atoms. The Hall–Kier alpha value is -2.17. The van der Waals surface area contributed by atoms with Crippen molar-refractivity contribution < 1.29 is 28.3 Å². The molecule has 10 heteroatoms. The van der Waals surface area contributed by atoms with Crippen LogP contribution in [0.4, 0.5) is 0 Å². The maximum Gasteiger partial charge on any atom is 0.261 e. The second-order valence-corrected chi connectivity index (χ2v) is 9.46. The third kappa shape index (κ3) is 4.93. The molecular formula is C20H23ClN2O6S. The summed E-state index contributed by atoms with van der Waals surface area (Å²) < 4.78 is 32.7. The Morgan fingerprint density at radius 1 is 1.23 bits per heavy atom. The Bertz CT molecular complexity index is 1010. The summed E-state index contributed by atoms with van der Waals surface area (Å²) in [6, 6.07) is 10.2. The van der Waals surface area contributed by atoms with E-state index in [-0.39, 0.29) is 30.9 Å². The molecule has 0 radical (unpaired) electrons. The lowest BCUT2D eigenvalue weighted by molar-refractivity contribution is -0.135. The SMILES string of the molecule is Cc1ccc(Cl)cc1COc1ccc(S(=O)(=O)N2C[C@H](O)CC[C@@H]2C(=O)NO)cc1. The Kier molecular flexibility index (Phi) is 6.99. The molecule has 3 N–H and O–H groups in total. The van der Waals surface area contributed by atoms with E-state index in [1.807, 2.05) is 19.1 Å². The first-order valence-electron chi connectivity index (χ1n) is 9.34. The number of nitrogens with one attached hydrogen (secondary N) is 1. The molecule has 1 saturated heterocycles. The molecule has 3 rings (SSSR count). The van der Waals surface area contributed by atoms with Crippen molar-refractivity contribution in [3.8, 4) is 5.75 Å². The van der Waals surface area contributed by atoms with Crippen LogP contribution >= 0.6 is 11.6 Å². The van der Waals surface area contributed by atoms with Crippen molar-refractivity contribution in [1.82, 2.24) is 9.79 Å². The van der Waals surface area contributed by atoms with Gasteiger partial charge in [0.1, 0.15) is 18.4 Å². The highest BCUT2D eigenvalue weighted by atomic mass is 35.5. The molecule has 1 fully saturated rings. The molecule has 162 valence electrons. The van der Waals surface area contributed by atoms with E-state index in [4.69, 9.17) is 21.5 Å². The highest BCUT2D eigenvalue weighted by Crippen LogP contribution is 2.27. The highest BCUT2D eigenvalue weighted by Gasteiger charge is 2.40. The molecule has 1 aliphatic rings. The maximum absolute atomic E-state index is 13.0. The number of sulfonamides is 1.